The van der Waals surface area contributed by atoms with Gasteiger partial charge in [0, 0.05) is 33.9 Å². The van der Waals surface area contributed by atoms with Gasteiger partial charge >= 0.3 is 0 Å². The number of para-hydroxylation sites is 3. The van der Waals surface area contributed by atoms with Crippen molar-refractivity contribution in [2.75, 3.05) is 9.80 Å². The first kappa shape index (κ1) is 20.7. The molecule has 3 heterocycles. The Bertz CT molecular complexity index is 1560. The summed E-state index contributed by atoms with van der Waals surface area (Å²) >= 11 is 0. The molecule has 1 aliphatic carbocycles. The Balaban J connectivity index is 1.50. The Hall–Kier alpha value is -3.46. The lowest BCUT2D eigenvalue weighted by molar-refractivity contribution is 0.195. The molecule has 8 rings (SSSR count). The number of hydrogen-bond donors (Lipinski definition) is 0. The second-order valence-corrected chi connectivity index (χ2v) is 11.7. The van der Waals surface area contributed by atoms with E-state index >= 15 is 0 Å². The highest BCUT2D eigenvalue weighted by molar-refractivity contribution is 7.00. The Kier molecular flexibility index (Phi) is 3.94. The van der Waals surface area contributed by atoms with Gasteiger partial charge in [0.25, 0.3) is 6.71 Å². The van der Waals surface area contributed by atoms with Crippen molar-refractivity contribution in [1.29, 1.82) is 0 Å². The number of hydrogen-bond acceptors (Lipinski definition) is 2. The lowest BCUT2D eigenvalue weighted by Crippen LogP contribution is -2.64. The first-order chi connectivity index (χ1) is 17.5. The maximum atomic E-state index is 2.79. The van der Waals surface area contributed by atoms with Gasteiger partial charge in [0.1, 0.15) is 0 Å². The van der Waals surface area contributed by atoms with Gasteiger partial charge in [0.2, 0.25) is 0 Å². The number of rotatable bonds is 1. The van der Waals surface area contributed by atoms with Crippen molar-refractivity contribution in [3.05, 3.63) is 96.1 Å². The zero-order chi connectivity index (χ0) is 24.2. The molecule has 3 aliphatic heterocycles. The van der Waals surface area contributed by atoms with Crippen molar-refractivity contribution >= 4 is 51.5 Å². The minimum Gasteiger partial charge on any atom is -0.335 e. The molecular weight excluding hydrogens is 435 g/mol. The van der Waals surface area contributed by atoms with Crippen molar-refractivity contribution in [2.45, 2.75) is 57.4 Å². The maximum Gasteiger partial charge on any atom is 0.252 e. The molecule has 4 aliphatic rings. The maximum absolute atomic E-state index is 2.79. The Morgan fingerprint density at radius 2 is 1.39 bits per heavy atom. The summed E-state index contributed by atoms with van der Waals surface area (Å²) in [7, 11) is 0. The van der Waals surface area contributed by atoms with E-state index < -0.39 is 0 Å². The van der Waals surface area contributed by atoms with Crippen LogP contribution in [0.15, 0.2) is 84.9 Å². The average Bonchev–Trinajstić information content (AvgIpc) is 3.12. The van der Waals surface area contributed by atoms with E-state index in [1.807, 2.05) is 0 Å². The zero-order valence-electron chi connectivity index (χ0n) is 21.4. The summed E-state index contributed by atoms with van der Waals surface area (Å²) in [6, 6.07) is 32.1. The highest BCUT2D eigenvalue weighted by Crippen LogP contribution is 2.61. The van der Waals surface area contributed by atoms with Crippen LogP contribution in [0.1, 0.15) is 50.7 Å². The van der Waals surface area contributed by atoms with Crippen LogP contribution in [0.4, 0.5) is 28.4 Å². The van der Waals surface area contributed by atoms with Crippen LogP contribution >= 0.6 is 0 Å². The number of fused-ring (bicyclic) bond motifs is 7. The van der Waals surface area contributed by atoms with Gasteiger partial charge < -0.3 is 9.80 Å². The first-order valence-electron chi connectivity index (χ1n) is 13.6. The van der Waals surface area contributed by atoms with E-state index in [1.54, 1.807) is 5.56 Å². The van der Waals surface area contributed by atoms with Crippen molar-refractivity contribution in [2.24, 2.45) is 0 Å². The molecule has 0 saturated heterocycles. The molecule has 2 unspecified atom stereocenters. The van der Waals surface area contributed by atoms with Gasteiger partial charge in [-0.25, -0.2) is 0 Å². The van der Waals surface area contributed by atoms with E-state index in [0.29, 0.717) is 0 Å². The average molecular weight is 466 g/mol. The number of nitrogens with zero attached hydrogens (tertiary/aromatic N) is 2. The second-order valence-electron chi connectivity index (χ2n) is 11.7. The third-order valence-electron chi connectivity index (χ3n) is 10.1. The normalized spacial score (nSPS) is 24.7. The van der Waals surface area contributed by atoms with E-state index in [4.69, 9.17) is 0 Å². The third-order valence-corrected chi connectivity index (χ3v) is 10.1. The van der Waals surface area contributed by atoms with Crippen molar-refractivity contribution < 1.29 is 0 Å². The summed E-state index contributed by atoms with van der Waals surface area (Å²) in [5.41, 5.74) is 14.4. The molecule has 0 bridgehead atoms. The molecule has 0 spiro atoms. The van der Waals surface area contributed by atoms with Gasteiger partial charge in [-0.2, -0.15) is 0 Å². The van der Waals surface area contributed by atoms with Gasteiger partial charge in [0.15, 0.2) is 0 Å². The van der Waals surface area contributed by atoms with Crippen LogP contribution in [0.5, 0.6) is 0 Å². The first-order valence-corrected chi connectivity index (χ1v) is 13.6. The minimum absolute atomic E-state index is 0.0915. The quantitative estimate of drug-likeness (QED) is 0.266. The van der Waals surface area contributed by atoms with Gasteiger partial charge in [-0.1, -0.05) is 80.4 Å². The second kappa shape index (κ2) is 6.85. The molecule has 1 saturated carbocycles. The van der Waals surface area contributed by atoms with Crippen LogP contribution in [0, 0.1) is 6.92 Å². The molecule has 36 heavy (non-hydrogen) atoms. The third kappa shape index (κ3) is 2.26. The fraction of sp³-hybridized carbons (Fsp3) is 0.273. The summed E-state index contributed by atoms with van der Waals surface area (Å²) < 4.78 is 0. The predicted molar refractivity (Wildman–Crippen MR) is 153 cm³/mol. The number of aryl methyl sites for hydroxylation is 1. The van der Waals surface area contributed by atoms with Crippen molar-refractivity contribution in [1.82, 2.24) is 0 Å². The molecule has 0 aromatic heterocycles. The number of benzene rings is 4. The molecule has 2 nitrogen and oxygen atoms in total. The zero-order valence-corrected chi connectivity index (χ0v) is 21.4. The van der Waals surface area contributed by atoms with Gasteiger partial charge in [-0.15, -0.1) is 0 Å². The molecule has 3 heteroatoms. The van der Waals surface area contributed by atoms with E-state index in [2.05, 4.69) is 116 Å². The smallest absolute Gasteiger partial charge is 0.252 e. The van der Waals surface area contributed by atoms with Gasteiger partial charge in [-0.05, 0) is 78.5 Å². The van der Waals surface area contributed by atoms with Crippen LogP contribution in [0.25, 0.3) is 0 Å². The van der Waals surface area contributed by atoms with Gasteiger partial charge in [0.05, 0.1) is 5.54 Å². The van der Waals surface area contributed by atoms with Crippen LogP contribution in [-0.4, -0.2) is 12.3 Å². The molecule has 1 fully saturated rings. The molecule has 0 radical (unpaired) electrons. The van der Waals surface area contributed by atoms with E-state index in [1.165, 1.54) is 76.1 Å². The highest BCUT2D eigenvalue weighted by atomic mass is 15.3. The SMILES string of the molecule is Cc1cccc2c1N(c1ccccc1)c1cccc3c1B2c1cccc2c1N3C1(C)CCCCC21C. The van der Waals surface area contributed by atoms with Crippen LogP contribution < -0.4 is 26.2 Å². The summed E-state index contributed by atoms with van der Waals surface area (Å²) in [6.07, 6.45) is 5.14. The summed E-state index contributed by atoms with van der Waals surface area (Å²) in [5.74, 6) is 0. The molecule has 0 amide bonds. The Morgan fingerprint density at radius 1 is 0.694 bits per heavy atom. The highest BCUT2D eigenvalue weighted by Gasteiger charge is 2.61. The van der Waals surface area contributed by atoms with Crippen LogP contribution in [0.3, 0.4) is 0 Å². The molecule has 2 atom stereocenters. The Morgan fingerprint density at radius 3 is 2.22 bits per heavy atom. The largest absolute Gasteiger partial charge is 0.335 e. The van der Waals surface area contributed by atoms with E-state index in [-0.39, 0.29) is 17.7 Å². The van der Waals surface area contributed by atoms with Crippen molar-refractivity contribution in [3.8, 4) is 0 Å². The summed E-state index contributed by atoms with van der Waals surface area (Å²) in [5, 5.41) is 0. The molecule has 4 aromatic rings. The monoisotopic (exact) mass is 466 g/mol. The minimum atomic E-state index is 0.0915. The molecular formula is C33H31BN2. The number of anilines is 5. The van der Waals surface area contributed by atoms with Crippen molar-refractivity contribution in [3.63, 3.8) is 0 Å². The summed E-state index contributed by atoms with van der Waals surface area (Å²) in [4.78, 5) is 5.31. The molecule has 4 aromatic carbocycles. The Labute approximate surface area is 214 Å². The topological polar surface area (TPSA) is 6.48 Å². The lowest BCUT2D eigenvalue weighted by atomic mass is 9.33. The molecule has 176 valence electrons. The molecule has 0 N–H and O–H groups in total. The fourth-order valence-corrected chi connectivity index (χ4v) is 8.29. The lowest BCUT2D eigenvalue weighted by Gasteiger charge is -2.52. The van der Waals surface area contributed by atoms with E-state index in [0.717, 1.165) is 0 Å². The summed E-state index contributed by atoms with van der Waals surface area (Å²) in [6.45, 7) is 7.62. The van der Waals surface area contributed by atoms with Gasteiger partial charge in [-0.3, -0.25) is 0 Å². The van der Waals surface area contributed by atoms with Crippen LogP contribution in [0.2, 0.25) is 0 Å². The predicted octanol–water partition coefficient (Wildman–Crippen LogP) is 6.35. The standard InChI is InChI=1S/C33H31BN2/c1-22-12-9-16-25-30(22)35(23-13-5-4-6-14-23)27-18-11-19-28-29(27)34(25)26-17-10-15-24-31(26)36(28)33(3)21-8-7-20-32(24,33)2/h4-6,9-19H,7-8,20-21H2,1-3H3. The van der Waals surface area contributed by atoms with E-state index in [9.17, 15) is 0 Å². The van der Waals surface area contributed by atoms with Crippen LogP contribution in [-0.2, 0) is 5.41 Å². The fourth-order valence-electron chi connectivity index (χ4n) is 8.29.